The lowest BCUT2D eigenvalue weighted by atomic mass is 10.1. The Bertz CT molecular complexity index is 739. The Hall–Kier alpha value is -1.85. The lowest BCUT2D eigenvalue weighted by molar-refractivity contribution is 0.282. The van der Waals surface area contributed by atoms with Gasteiger partial charge < -0.3 is 15.4 Å². The van der Waals surface area contributed by atoms with Crippen molar-refractivity contribution in [1.29, 1.82) is 0 Å². The first-order chi connectivity index (χ1) is 9.78. The van der Waals surface area contributed by atoms with Crippen LogP contribution < -0.4 is 5.32 Å². The van der Waals surface area contributed by atoms with Crippen LogP contribution in [0.15, 0.2) is 47.2 Å². The zero-order valence-corrected chi connectivity index (χ0v) is 12.3. The molecule has 0 fully saturated rings. The molecule has 0 bridgehead atoms. The van der Waals surface area contributed by atoms with E-state index in [2.05, 4.69) is 31.2 Å². The topological polar surface area (TPSA) is 60.9 Å². The van der Waals surface area contributed by atoms with Crippen molar-refractivity contribution in [2.24, 2.45) is 0 Å². The molecule has 0 aliphatic rings. The quantitative estimate of drug-likeness (QED) is 0.686. The average Bonchev–Trinajstić information content (AvgIpc) is 2.94. The number of hydrogen-bond acceptors (Lipinski definition) is 3. The fourth-order valence-electron chi connectivity index (χ4n) is 2.21. The summed E-state index contributed by atoms with van der Waals surface area (Å²) in [6.45, 7) is 0.700. The van der Waals surface area contributed by atoms with E-state index in [1.165, 1.54) is 5.56 Å². The van der Waals surface area contributed by atoms with Gasteiger partial charge in [-0.1, -0.05) is 22.0 Å². The Morgan fingerprint density at radius 3 is 2.95 bits per heavy atom. The maximum atomic E-state index is 9.37. The van der Waals surface area contributed by atoms with E-state index in [-0.39, 0.29) is 6.61 Å². The first-order valence-corrected chi connectivity index (χ1v) is 7.11. The molecule has 3 aromatic rings. The minimum absolute atomic E-state index is 0.0194. The van der Waals surface area contributed by atoms with E-state index < -0.39 is 0 Å². The first kappa shape index (κ1) is 13.1. The number of fused-ring (bicyclic) bond motifs is 1. The van der Waals surface area contributed by atoms with E-state index in [1.54, 1.807) is 6.20 Å². The minimum Gasteiger partial charge on any atom is -0.392 e. The highest BCUT2D eigenvalue weighted by Crippen LogP contribution is 2.23. The van der Waals surface area contributed by atoms with Gasteiger partial charge in [0.15, 0.2) is 0 Å². The zero-order valence-electron chi connectivity index (χ0n) is 10.7. The lowest BCUT2D eigenvalue weighted by Gasteiger charge is -2.11. The van der Waals surface area contributed by atoms with Crippen LogP contribution in [0.4, 0.5) is 5.69 Å². The van der Waals surface area contributed by atoms with Gasteiger partial charge in [0, 0.05) is 40.0 Å². The van der Waals surface area contributed by atoms with Crippen LogP contribution in [0.3, 0.4) is 0 Å². The van der Waals surface area contributed by atoms with Gasteiger partial charge in [0.25, 0.3) is 0 Å². The third-order valence-electron chi connectivity index (χ3n) is 3.26. The van der Waals surface area contributed by atoms with Crippen LogP contribution in [0.1, 0.15) is 11.1 Å². The van der Waals surface area contributed by atoms with Crippen molar-refractivity contribution in [3.05, 3.63) is 58.3 Å². The van der Waals surface area contributed by atoms with E-state index in [0.29, 0.717) is 6.54 Å². The Kier molecular flexibility index (Phi) is 3.71. The second-order valence-electron chi connectivity index (χ2n) is 4.52. The van der Waals surface area contributed by atoms with Crippen molar-refractivity contribution in [2.45, 2.75) is 13.2 Å². The maximum Gasteiger partial charge on any atom is 0.137 e. The highest BCUT2D eigenvalue weighted by Gasteiger charge is 2.05. The molecule has 20 heavy (non-hydrogen) atoms. The van der Waals surface area contributed by atoms with Gasteiger partial charge in [-0.05, 0) is 29.8 Å². The third-order valence-corrected chi connectivity index (χ3v) is 3.76. The smallest absolute Gasteiger partial charge is 0.137 e. The van der Waals surface area contributed by atoms with Crippen LogP contribution in [0, 0.1) is 0 Å². The number of pyridine rings is 1. The Morgan fingerprint density at radius 1 is 1.20 bits per heavy atom. The molecule has 0 amide bonds. The van der Waals surface area contributed by atoms with Gasteiger partial charge in [0.1, 0.15) is 5.65 Å². The van der Waals surface area contributed by atoms with Gasteiger partial charge in [-0.15, -0.1) is 0 Å². The van der Waals surface area contributed by atoms with Gasteiger partial charge in [-0.3, -0.25) is 0 Å². The summed E-state index contributed by atoms with van der Waals surface area (Å²) in [5.41, 5.74) is 3.87. The average molecular weight is 332 g/mol. The molecule has 0 atom stereocenters. The summed E-state index contributed by atoms with van der Waals surface area (Å²) in [4.78, 5) is 7.38. The number of halogens is 1. The van der Waals surface area contributed by atoms with Gasteiger partial charge in [0.05, 0.1) is 6.61 Å². The Morgan fingerprint density at radius 2 is 2.10 bits per heavy atom. The summed E-state index contributed by atoms with van der Waals surface area (Å²) in [5.74, 6) is 0. The summed E-state index contributed by atoms with van der Waals surface area (Å²) in [6.07, 6.45) is 3.68. The molecule has 5 heteroatoms. The van der Waals surface area contributed by atoms with Crippen LogP contribution in [0.5, 0.6) is 0 Å². The number of aromatic nitrogens is 2. The van der Waals surface area contributed by atoms with Crippen LogP contribution >= 0.6 is 15.9 Å². The van der Waals surface area contributed by atoms with Crippen molar-refractivity contribution >= 4 is 32.7 Å². The maximum absolute atomic E-state index is 9.37. The molecule has 0 radical (unpaired) electrons. The summed E-state index contributed by atoms with van der Waals surface area (Å²) >= 11 is 3.45. The molecular formula is C15H14BrN3O. The van der Waals surface area contributed by atoms with Crippen molar-refractivity contribution in [3.8, 4) is 0 Å². The van der Waals surface area contributed by atoms with Crippen molar-refractivity contribution in [3.63, 3.8) is 0 Å². The molecule has 4 nitrogen and oxygen atoms in total. The molecule has 1 aromatic carbocycles. The fourth-order valence-corrected chi connectivity index (χ4v) is 2.57. The summed E-state index contributed by atoms with van der Waals surface area (Å²) in [6, 6.07) is 9.83. The highest BCUT2D eigenvalue weighted by molar-refractivity contribution is 9.10. The van der Waals surface area contributed by atoms with Crippen LogP contribution in [0.2, 0.25) is 0 Å². The molecular weight excluding hydrogens is 318 g/mol. The number of aliphatic hydroxyl groups excluding tert-OH is 1. The normalized spacial score (nSPS) is 10.9. The molecule has 0 saturated heterocycles. The molecule has 3 rings (SSSR count). The lowest BCUT2D eigenvalue weighted by Crippen LogP contribution is -2.03. The van der Waals surface area contributed by atoms with E-state index in [1.807, 2.05) is 36.5 Å². The fraction of sp³-hybridized carbons (Fsp3) is 0.133. The predicted octanol–water partition coefficient (Wildman–Crippen LogP) is 3.43. The van der Waals surface area contributed by atoms with Crippen molar-refractivity contribution in [1.82, 2.24) is 9.97 Å². The predicted molar refractivity (Wildman–Crippen MR) is 83.5 cm³/mol. The first-order valence-electron chi connectivity index (χ1n) is 6.32. The van der Waals surface area contributed by atoms with Gasteiger partial charge in [-0.25, -0.2) is 4.98 Å². The molecule has 2 aromatic heterocycles. The number of hydrogen-bond donors (Lipinski definition) is 3. The summed E-state index contributed by atoms with van der Waals surface area (Å²) in [5, 5.41) is 13.9. The monoisotopic (exact) mass is 331 g/mol. The molecule has 2 heterocycles. The number of H-pyrrole nitrogens is 1. The standard InChI is InChI=1S/C15H14BrN3O/c16-12-2-1-11(9-20)14(7-12)19-8-10-3-5-17-15-13(10)4-6-18-15/h1-7,19-20H,8-9H2,(H,17,18). The second kappa shape index (κ2) is 5.64. The number of benzene rings is 1. The molecule has 0 saturated carbocycles. The van der Waals surface area contributed by atoms with E-state index in [4.69, 9.17) is 0 Å². The van der Waals surface area contributed by atoms with Crippen LogP contribution in [-0.4, -0.2) is 15.1 Å². The molecule has 0 aliphatic carbocycles. The van der Waals surface area contributed by atoms with E-state index in [9.17, 15) is 5.11 Å². The number of aliphatic hydroxyl groups is 1. The Balaban J connectivity index is 1.86. The van der Waals surface area contributed by atoms with Gasteiger partial charge >= 0.3 is 0 Å². The highest BCUT2D eigenvalue weighted by atomic mass is 79.9. The second-order valence-corrected chi connectivity index (χ2v) is 5.44. The number of nitrogens with one attached hydrogen (secondary N) is 2. The molecule has 102 valence electrons. The number of rotatable bonds is 4. The Labute approximate surface area is 125 Å². The zero-order chi connectivity index (χ0) is 13.9. The number of aromatic amines is 1. The van der Waals surface area contributed by atoms with Crippen molar-refractivity contribution < 1.29 is 5.11 Å². The number of anilines is 1. The van der Waals surface area contributed by atoms with Crippen LogP contribution in [-0.2, 0) is 13.2 Å². The SMILES string of the molecule is OCc1ccc(Br)cc1NCc1ccnc2[nH]ccc12. The van der Waals surface area contributed by atoms with E-state index in [0.717, 1.165) is 26.8 Å². The molecule has 0 spiro atoms. The van der Waals surface area contributed by atoms with Crippen LogP contribution in [0.25, 0.3) is 11.0 Å². The van der Waals surface area contributed by atoms with Gasteiger partial charge in [0.2, 0.25) is 0 Å². The summed E-state index contributed by atoms with van der Waals surface area (Å²) < 4.78 is 0.985. The van der Waals surface area contributed by atoms with Gasteiger partial charge in [-0.2, -0.15) is 0 Å². The molecule has 0 unspecified atom stereocenters. The molecule has 0 aliphatic heterocycles. The third kappa shape index (κ3) is 2.55. The molecule has 3 N–H and O–H groups in total. The minimum atomic E-state index is 0.0194. The summed E-state index contributed by atoms with van der Waals surface area (Å²) in [7, 11) is 0. The van der Waals surface area contributed by atoms with Crippen molar-refractivity contribution in [2.75, 3.05) is 5.32 Å². The van der Waals surface area contributed by atoms with E-state index >= 15 is 0 Å². The largest absolute Gasteiger partial charge is 0.392 e. The number of nitrogens with zero attached hydrogens (tertiary/aromatic N) is 1.